The van der Waals surface area contributed by atoms with Crippen LogP contribution in [0.1, 0.15) is 24.1 Å². The lowest BCUT2D eigenvalue weighted by Crippen LogP contribution is -2.06. The molecule has 0 amide bonds. The van der Waals surface area contributed by atoms with Gasteiger partial charge >= 0.3 is 0 Å². The van der Waals surface area contributed by atoms with E-state index in [0.29, 0.717) is 11.5 Å². The minimum absolute atomic E-state index is 0.0148. The van der Waals surface area contributed by atoms with Gasteiger partial charge in [-0.15, -0.1) is 0 Å². The highest BCUT2D eigenvalue weighted by Gasteiger charge is 2.11. The Labute approximate surface area is 124 Å². The summed E-state index contributed by atoms with van der Waals surface area (Å²) in [4.78, 5) is 0. The largest absolute Gasteiger partial charge is 0.457 e. The van der Waals surface area contributed by atoms with Gasteiger partial charge in [0.1, 0.15) is 23.4 Å². The van der Waals surface area contributed by atoms with E-state index in [1.54, 1.807) is 18.2 Å². The molecule has 2 N–H and O–H groups in total. The van der Waals surface area contributed by atoms with Gasteiger partial charge in [0.15, 0.2) is 0 Å². The summed E-state index contributed by atoms with van der Waals surface area (Å²) in [6, 6.07) is 11.2. The van der Waals surface area contributed by atoms with Gasteiger partial charge in [0.05, 0.1) is 5.56 Å². The Kier molecular flexibility index (Phi) is 4.38. The third kappa shape index (κ3) is 3.16. The molecule has 102 valence electrons. The molecule has 0 aliphatic carbocycles. The molecule has 1 unspecified atom stereocenters. The Morgan fingerprint density at radius 1 is 1.30 bits per heavy atom. The predicted molar refractivity (Wildman–Crippen MR) is 77.9 cm³/mol. The first kappa shape index (κ1) is 14.5. The van der Waals surface area contributed by atoms with Crippen molar-refractivity contribution in [2.45, 2.75) is 13.0 Å². The average molecular weight is 335 g/mol. The van der Waals surface area contributed by atoms with E-state index in [0.717, 1.165) is 10.0 Å². The first-order chi connectivity index (χ1) is 9.51. The zero-order chi connectivity index (χ0) is 14.7. The Morgan fingerprint density at radius 3 is 2.65 bits per heavy atom. The van der Waals surface area contributed by atoms with Crippen LogP contribution in [0.25, 0.3) is 0 Å². The number of rotatable bonds is 3. The number of benzene rings is 2. The number of halogens is 2. The summed E-state index contributed by atoms with van der Waals surface area (Å²) in [7, 11) is 0. The number of ether oxygens (including phenoxy) is 1. The molecule has 2 aromatic carbocycles. The van der Waals surface area contributed by atoms with E-state index in [2.05, 4.69) is 15.9 Å². The van der Waals surface area contributed by atoms with Gasteiger partial charge in [-0.05, 0) is 31.2 Å². The van der Waals surface area contributed by atoms with Crippen molar-refractivity contribution < 1.29 is 9.13 Å². The molecule has 0 heterocycles. The van der Waals surface area contributed by atoms with Gasteiger partial charge in [-0.3, -0.25) is 0 Å². The van der Waals surface area contributed by atoms with Crippen molar-refractivity contribution in [1.29, 1.82) is 5.26 Å². The number of hydrogen-bond acceptors (Lipinski definition) is 3. The van der Waals surface area contributed by atoms with E-state index in [9.17, 15) is 4.39 Å². The van der Waals surface area contributed by atoms with Crippen molar-refractivity contribution in [3.63, 3.8) is 0 Å². The molecule has 0 spiro atoms. The van der Waals surface area contributed by atoms with Crippen molar-refractivity contribution >= 4 is 15.9 Å². The van der Waals surface area contributed by atoms with E-state index in [1.807, 2.05) is 19.1 Å². The molecule has 0 aliphatic heterocycles. The maximum absolute atomic E-state index is 13.6. The molecule has 2 rings (SSSR count). The van der Waals surface area contributed by atoms with E-state index in [4.69, 9.17) is 15.7 Å². The summed E-state index contributed by atoms with van der Waals surface area (Å²) < 4.78 is 20.1. The SMILES string of the molecule is CC(N)c1ccc(Br)cc1Oc1ccc(C#N)c(F)c1. The third-order valence-corrected chi connectivity index (χ3v) is 3.25. The van der Waals surface area contributed by atoms with Crippen molar-refractivity contribution in [2.24, 2.45) is 5.73 Å². The summed E-state index contributed by atoms with van der Waals surface area (Å²) in [5.74, 6) is 0.266. The molecule has 1 atom stereocenters. The van der Waals surface area contributed by atoms with E-state index < -0.39 is 5.82 Å². The van der Waals surface area contributed by atoms with Crippen LogP contribution in [0.15, 0.2) is 40.9 Å². The van der Waals surface area contributed by atoms with E-state index in [-0.39, 0.29) is 11.6 Å². The maximum atomic E-state index is 13.6. The summed E-state index contributed by atoms with van der Waals surface area (Å²) in [6.07, 6.45) is 0. The van der Waals surface area contributed by atoms with E-state index in [1.165, 1.54) is 12.1 Å². The lowest BCUT2D eigenvalue weighted by Gasteiger charge is -2.14. The molecule has 0 fully saturated rings. The highest BCUT2D eigenvalue weighted by molar-refractivity contribution is 9.10. The van der Waals surface area contributed by atoms with Crippen LogP contribution in [-0.4, -0.2) is 0 Å². The summed E-state index contributed by atoms with van der Waals surface area (Å²) in [5.41, 5.74) is 6.68. The number of nitrogens with two attached hydrogens (primary N) is 1. The number of nitriles is 1. The van der Waals surface area contributed by atoms with Gasteiger partial charge in [0.2, 0.25) is 0 Å². The Bertz CT molecular complexity index is 680. The van der Waals surface area contributed by atoms with Crippen LogP contribution in [0.3, 0.4) is 0 Å². The van der Waals surface area contributed by atoms with Gasteiger partial charge in [-0.25, -0.2) is 4.39 Å². The van der Waals surface area contributed by atoms with Gasteiger partial charge in [0.25, 0.3) is 0 Å². The highest BCUT2D eigenvalue weighted by atomic mass is 79.9. The molecule has 0 aromatic heterocycles. The Balaban J connectivity index is 2.37. The third-order valence-electron chi connectivity index (χ3n) is 2.75. The number of hydrogen-bond donors (Lipinski definition) is 1. The van der Waals surface area contributed by atoms with Crippen molar-refractivity contribution in [2.75, 3.05) is 0 Å². The second kappa shape index (κ2) is 6.04. The monoisotopic (exact) mass is 334 g/mol. The highest BCUT2D eigenvalue weighted by Crippen LogP contribution is 2.32. The molecule has 0 bridgehead atoms. The minimum Gasteiger partial charge on any atom is -0.457 e. The van der Waals surface area contributed by atoms with Crippen molar-refractivity contribution in [3.8, 4) is 17.6 Å². The van der Waals surface area contributed by atoms with E-state index >= 15 is 0 Å². The van der Waals surface area contributed by atoms with Crippen LogP contribution >= 0.6 is 15.9 Å². The molecular formula is C15H12BrFN2O. The molecule has 0 saturated carbocycles. The Morgan fingerprint density at radius 2 is 2.05 bits per heavy atom. The van der Waals surface area contributed by atoms with Crippen molar-refractivity contribution in [1.82, 2.24) is 0 Å². The lowest BCUT2D eigenvalue weighted by atomic mass is 10.1. The summed E-state index contributed by atoms with van der Waals surface area (Å²) >= 11 is 3.36. The summed E-state index contributed by atoms with van der Waals surface area (Å²) in [5, 5.41) is 8.70. The smallest absolute Gasteiger partial charge is 0.144 e. The van der Waals surface area contributed by atoms with Gasteiger partial charge < -0.3 is 10.5 Å². The molecule has 0 saturated heterocycles. The van der Waals surface area contributed by atoms with Crippen LogP contribution in [0.2, 0.25) is 0 Å². The van der Waals surface area contributed by atoms with Gasteiger partial charge in [0, 0.05) is 22.1 Å². The predicted octanol–water partition coefficient (Wildman–Crippen LogP) is 4.27. The summed E-state index contributed by atoms with van der Waals surface area (Å²) in [6.45, 7) is 1.84. The fourth-order valence-corrected chi connectivity index (χ4v) is 2.09. The standard InChI is InChI=1S/C15H12BrFN2O/c1-9(19)13-5-3-11(16)6-15(13)20-12-4-2-10(8-18)14(17)7-12/h2-7,9H,19H2,1H3. The van der Waals surface area contributed by atoms with Crippen LogP contribution in [0.5, 0.6) is 11.5 Å². The van der Waals surface area contributed by atoms with Gasteiger partial charge in [-0.2, -0.15) is 5.26 Å². The normalized spacial score (nSPS) is 11.8. The fourth-order valence-electron chi connectivity index (χ4n) is 1.75. The average Bonchev–Trinajstić information content (AvgIpc) is 2.38. The first-order valence-electron chi connectivity index (χ1n) is 5.94. The van der Waals surface area contributed by atoms with Crippen LogP contribution in [0, 0.1) is 17.1 Å². The molecule has 0 aliphatic rings. The molecule has 20 heavy (non-hydrogen) atoms. The Hall–Kier alpha value is -1.90. The second-order valence-electron chi connectivity index (χ2n) is 4.33. The maximum Gasteiger partial charge on any atom is 0.144 e. The van der Waals surface area contributed by atoms with Gasteiger partial charge in [-0.1, -0.05) is 22.0 Å². The molecule has 5 heteroatoms. The van der Waals surface area contributed by atoms with Crippen LogP contribution in [0.4, 0.5) is 4.39 Å². The zero-order valence-corrected chi connectivity index (χ0v) is 12.3. The van der Waals surface area contributed by atoms with Crippen molar-refractivity contribution in [3.05, 3.63) is 57.8 Å². The number of nitrogens with zero attached hydrogens (tertiary/aromatic N) is 1. The molecule has 2 aromatic rings. The quantitative estimate of drug-likeness (QED) is 0.911. The van der Waals surface area contributed by atoms with Crippen LogP contribution < -0.4 is 10.5 Å². The topological polar surface area (TPSA) is 59.0 Å². The zero-order valence-electron chi connectivity index (χ0n) is 10.7. The fraction of sp³-hybridized carbons (Fsp3) is 0.133. The molecular weight excluding hydrogens is 323 g/mol. The molecule has 0 radical (unpaired) electrons. The minimum atomic E-state index is -0.609. The van der Waals surface area contributed by atoms with Crippen LogP contribution in [-0.2, 0) is 0 Å². The lowest BCUT2D eigenvalue weighted by molar-refractivity contribution is 0.466. The second-order valence-corrected chi connectivity index (χ2v) is 5.24. The first-order valence-corrected chi connectivity index (χ1v) is 6.73. The molecule has 3 nitrogen and oxygen atoms in total.